The Morgan fingerprint density at radius 3 is 2.32 bits per heavy atom. The van der Waals surface area contributed by atoms with Gasteiger partial charge in [0.25, 0.3) is 5.91 Å². The molecule has 3 amide bonds. The number of halogens is 3. The lowest BCUT2D eigenvalue weighted by Gasteiger charge is -2.33. The molecular weight excluding hydrogens is 451 g/mol. The Morgan fingerprint density at radius 2 is 1.65 bits per heavy atom. The van der Waals surface area contributed by atoms with Crippen LogP contribution >= 0.6 is 0 Å². The van der Waals surface area contributed by atoms with E-state index in [2.05, 4.69) is 10.1 Å². The van der Waals surface area contributed by atoms with Crippen LogP contribution in [0.5, 0.6) is 5.75 Å². The largest absolute Gasteiger partial charge is 0.573 e. The van der Waals surface area contributed by atoms with Crippen LogP contribution in [0.2, 0.25) is 0 Å². The van der Waals surface area contributed by atoms with Crippen molar-refractivity contribution < 1.29 is 32.3 Å². The zero-order chi connectivity index (χ0) is 24.3. The molecule has 1 N–H and O–H groups in total. The van der Waals surface area contributed by atoms with Crippen LogP contribution in [-0.4, -0.2) is 54.7 Å². The Kier molecular flexibility index (Phi) is 6.76. The van der Waals surface area contributed by atoms with E-state index >= 15 is 0 Å². The molecule has 180 valence electrons. The maximum atomic E-state index is 13.0. The van der Waals surface area contributed by atoms with E-state index in [0.717, 1.165) is 12.1 Å². The quantitative estimate of drug-likeness (QED) is 0.673. The summed E-state index contributed by atoms with van der Waals surface area (Å²) in [5, 5.41) is 2.98. The number of carbonyl (C=O) groups excluding carboxylic acids is 3. The molecular formula is C24H24F3N3O4. The fourth-order valence-electron chi connectivity index (χ4n) is 4.34. The SMILES string of the molecule is O=C(NC1CCN(C(=O)[C@H]2CCN(c3cccc(OC(F)(F)F)c3)C2=O)CC1)c1ccccc1. The molecule has 0 unspecified atom stereocenters. The van der Waals surface area contributed by atoms with E-state index in [4.69, 9.17) is 0 Å². The lowest BCUT2D eigenvalue weighted by atomic mass is 10.0. The molecule has 34 heavy (non-hydrogen) atoms. The molecule has 2 heterocycles. The van der Waals surface area contributed by atoms with Crippen molar-refractivity contribution in [3.63, 3.8) is 0 Å². The minimum atomic E-state index is -4.83. The summed E-state index contributed by atoms with van der Waals surface area (Å²) < 4.78 is 41.5. The molecule has 2 aromatic carbocycles. The molecule has 0 aromatic heterocycles. The first kappa shape index (κ1) is 23.6. The Labute approximate surface area is 194 Å². The first-order valence-electron chi connectivity index (χ1n) is 11.0. The number of nitrogens with one attached hydrogen (secondary N) is 1. The van der Waals surface area contributed by atoms with Gasteiger partial charge in [0.1, 0.15) is 11.7 Å². The third-order valence-electron chi connectivity index (χ3n) is 6.04. The second kappa shape index (κ2) is 9.74. The zero-order valence-corrected chi connectivity index (χ0v) is 18.3. The van der Waals surface area contributed by atoms with Gasteiger partial charge in [-0.15, -0.1) is 13.2 Å². The first-order chi connectivity index (χ1) is 16.2. The third-order valence-corrected chi connectivity index (χ3v) is 6.04. The number of hydrogen-bond donors (Lipinski definition) is 1. The van der Waals surface area contributed by atoms with Crippen molar-refractivity contribution in [2.24, 2.45) is 5.92 Å². The predicted molar refractivity (Wildman–Crippen MR) is 117 cm³/mol. The Bertz CT molecular complexity index is 1050. The Balaban J connectivity index is 1.32. The zero-order valence-electron chi connectivity index (χ0n) is 18.3. The number of nitrogens with zero attached hydrogens (tertiary/aromatic N) is 2. The fraction of sp³-hybridized carbons (Fsp3) is 0.375. The first-order valence-corrected chi connectivity index (χ1v) is 11.0. The summed E-state index contributed by atoms with van der Waals surface area (Å²) in [5.41, 5.74) is 0.826. The number of benzene rings is 2. The van der Waals surface area contributed by atoms with Crippen LogP contribution in [0.15, 0.2) is 54.6 Å². The number of piperidine rings is 1. The van der Waals surface area contributed by atoms with E-state index in [-0.39, 0.29) is 36.5 Å². The average molecular weight is 475 g/mol. The van der Waals surface area contributed by atoms with E-state index in [1.165, 1.54) is 17.0 Å². The highest BCUT2D eigenvalue weighted by molar-refractivity contribution is 6.09. The van der Waals surface area contributed by atoms with Crippen molar-refractivity contribution in [3.05, 3.63) is 60.2 Å². The molecule has 2 aliphatic heterocycles. The van der Waals surface area contributed by atoms with Gasteiger partial charge in [0.2, 0.25) is 11.8 Å². The van der Waals surface area contributed by atoms with E-state index in [9.17, 15) is 27.6 Å². The summed E-state index contributed by atoms with van der Waals surface area (Å²) in [5.74, 6) is -2.18. The van der Waals surface area contributed by atoms with Crippen molar-refractivity contribution >= 4 is 23.4 Å². The second-order valence-electron chi connectivity index (χ2n) is 8.32. The molecule has 0 spiro atoms. The van der Waals surface area contributed by atoms with E-state index in [1.807, 2.05) is 6.07 Å². The summed E-state index contributed by atoms with van der Waals surface area (Å²) in [6.45, 7) is 1.06. The molecule has 0 bridgehead atoms. The monoisotopic (exact) mass is 475 g/mol. The molecule has 10 heteroatoms. The highest BCUT2D eigenvalue weighted by Gasteiger charge is 2.41. The molecule has 2 aliphatic rings. The topological polar surface area (TPSA) is 79.0 Å². The Hall–Kier alpha value is -3.56. The summed E-state index contributed by atoms with van der Waals surface area (Å²) in [6, 6.07) is 14.0. The van der Waals surface area contributed by atoms with Gasteiger partial charge in [-0.2, -0.15) is 0 Å². The van der Waals surface area contributed by atoms with Crippen molar-refractivity contribution in [1.82, 2.24) is 10.2 Å². The minimum Gasteiger partial charge on any atom is -0.406 e. The Morgan fingerprint density at radius 1 is 0.941 bits per heavy atom. The van der Waals surface area contributed by atoms with E-state index in [1.54, 1.807) is 29.2 Å². The van der Waals surface area contributed by atoms with Gasteiger partial charge in [-0.25, -0.2) is 0 Å². The van der Waals surface area contributed by atoms with Gasteiger partial charge in [-0.05, 0) is 43.5 Å². The van der Waals surface area contributed by atoms with Crippen LogP contribution in [-0.2, 0) is 9.59 Å². The van der Waals surface area contributed by atoms with Gasteiger partial charge < -0.3 is 19.9 Å². The molecule has 2 fully saturated rings. The average Bonchev–Trinajstić information content (AvgIpc) is 3.20. The van der Waals surface area contributed by atoms with Crippen LogP contribution in [0.3, 0.4) is 0 Å². The molecule has 7 nitrogen and oxygen atoms in total. The normalized spacial score (nSPS) is 19.3. The third kappa shape index (κ3) is 5.49. The fourth-order valence-corrected chi connectivity index (χ4v) is 4.34. The molecule has 2 aromatic rings. The predicted octanol–water partition coefficient (Wildman–Crippen LogP) is 3.36. The summed E-state index contributed by atoms with van der Waals surface area (Å²) in [7, 11) is 0. The van der Waals surface area contributed by atoms with Crippen molar-refractivity contribution in [1.29, 1.82) is 0 Å². The number of carbonyl (C=O) groups is 3. The number of ether oxygens (including phenoxy) is 1. The van der Waals surface area contributed by atoms with Crippen molar-refractivity contribution in [2.45, 2.75) is 31.7 Å². The molecule has 2 saturated heterocycles. The van der Waals surface area contributed by atoms with Crippen LogP contribution in [0.1, 0.15) is 29.6 Å². The number of likely N-dealkylation sites (tertiary alicyclic amines) is 1. The van der Waals surface area contributed by atoms with Gasteiger partial charge in [0, 0.05) is 43.0 Å². The van der Waals surface area contributed by atoms with Gasteiger partial charge in [-0.3, -0.25) is 14.4 Å². The molecule has 1 atom stereocenters. The number of anilines is 1. The van der Waals surface area contributed by atoms with Crippen LogP contribution in [0, 0.1) is 5.92 Å². The van der Waals surface area contributed by atoms with Crippen LogP contribution in [0.25, 0.3) is 0 Å². The van der Waals surface area contributed by atoms with Gasteiger partial charge in [0.15, 0.2) is 0 Å². The van der Waals surface area contributed by atoms with E-state index < -0.39 is 23.9 Å². The maximum absolute atomic E-state index is 13.0. The van der Waals surface area contributed by atoms with Gasteiger partial charge in [0.05, 0.1) is 0 Å². The summed E-state index contributed by atoms with van der Waals surface area (Å²) in [6.07, 6.45) is -3.40. The number of alkyl halides is 3. The number of amides is 3. The van der Waals surface area contributed by atoms with Crippen molar-refractivity contribution in [3.8, 4) is 5.75 Å². The summed E-state index contributed by atoms with van der Waals surface area (Å²) >= 11 is 0. The number of rotatable bonds is 5. The lowest BCUT2D eigenvalue weighted by Crippen LogP contribution is -2.49. The number of hydrogen-bond acceptors (Lipinski definition) is 4. The van der Waals surface area contributed by atoms with Gasteiger partial charge >= 0.3 is 6.36 Å². The molecule has 0 radical (unpaired) electrons. The smallest absolute Gasteiger partial charge is 0.406 e. The molecule has 0 aliphatic carbocycles. The maximum Gasteiger partial charge on any atom is 0.573 e. The van der Waals surface area contributed by atoms with Crippen LogP contribution < -0.4 is 15.0 Å². The highest BCUT2D eigenvalue weighted by atomic mass is 19.4. The van der Waals surface area contributed by atoms with Gasteiger partial charge in [-0.1, -0.05) is 24.3 Å². The lowest BCUT2D eigenvalue weighted by molar-refractivity contribution is -0.274. The van der Waals surface area contributed by atoms with Crippen molar-refractivity contribution in [2.75, 3.05) is 24.5 Å². The minimum absolute atomic E-state index is 0.0658. The molecule has 0 saturated carbocycles. The highest BCUT2D eigenvalue weighted by Crippen LogP contribution is 2.31. The summed E-state index contributed by atoms with van der Waals surface area (Å²) in [4.78, 5) is 41.2. The van der Waals surface area contributed by atoms with E-state index in [0.29, 0.717) is 31.5 Å². The van der Waals surface area contributed by atoms with Crippen LogP contribution in [0.4, 0.5) is 18.9 Å². The second-order valence-corrected chi connectivity index (χ2v) is 8.32. The standard InChI is InChI=1S/C24H24F3N3O4/c25-24(26,27)34-19-8-4-7-18(15-19)30-14-11-20(23(30)33)22(32)29-12-9-17(10-13-29)28-21(31)16-5-2-1-3-6-16/h1-8,15,17,20H,9-14H2,(H,28,31)/t20-/m1/s1. The molecule has 4 rings (SSSR count).